The third-order valence-electron chi connectivity index (χ3n) is 3.12. The maximum atomic E-state index is 12.3. The van der Waals surface area contributed by atoms with Crippen LogP contribution in [0.15, 0.2) is 21.4 Å². The monoisotopic (exact) mass is 309 g/mol. The predicted molar refractivity (Wildman–Crippen MR) is 81.4 cm³/mol. The Labute approximate surface area is 124 Å². The molecule has 2 heterocycles. The highest BCUT2D eigenvalue weighted by Crippen LogP contribution is 2.22. The van der Waals surface area contributed by atoms with Crippen LogP contribution in [0.4, 0.5) is 0 Å². The van der Waals surface area contributed by atoms with E-state index in [1.807, 2.05) is 18.4 Å². The lowest BCUT2D eigenvalue weighted by atomic mass is 10.5. The number of carbonyl (C=O) groups is 1. The van der Waals surface area contributed by atoms with Crippen LogP contribution in [0.2, 0.25) is 0 Å². The molecule has 0 aliphatic heterocycles. The Bertz CT molecular complexity index is 703. The number of hydrogen-bond acceptors (Lipinski definition) is 5. The number of amides is 1. The zero-order chi connectivity index (χ0) is 14.1. The zero-order valence-corrected chi connectivity index (χ0v) is 12.7. The van der Waals surface area contributed by atoms with E-state index in [0.717, 1.165) is 18.4 Å². The number of thioether (sulfide) groups is 1. The van der Waals surface area contributed by atoms with Gasteiger partial charge in [-0.3, -0.25) is 14.2 Å². The molecule has 1 aliphatic rings. The first-order chi connectivity index (χ1) is 9.69. The van der Waals surface area contributed by atoms with Crippen LogP contribution in [-0.2, 0) is 11.3 Å². The number of nitrogens with one attached hydrogen (secondary N) is 1. The van der Waals surface area contributed by atoms with Gasteiger partial charge in [-0.25, -0.2) is 4.98 Å². The summed E-state index contributed by atoms with van der Waals surface area (Å²) in [5.41, 5.74) is 0.701. The maximum Gasteiger partial charge on any atom is 0.272 e. The lowest BCUT2D eigenvalue weighted by Gasteiger charge is -2.09. The first-order valence-corrected chi connectivity index (χ1v) is 8.45. The zero-order valence-electron chi connectivity index (χ0n) is 11.1. The van der Waals surface area contributed by atoms with Crippen molar-refractivity contribution in [2.45, 2.75) is 37.5 Å². The summed E-state index contributed by atoms with van der Waals surface area (Å²) in [4.78, 5) is 28.5. The van der Waals surface area contributed by atoms with Gasteiger partial charge in [0.25, 0.3) is 5.56 Å². The van der Waals surface area contributed by atoms with Crippen LogP contribution in [0, 0.1) is 0 Å². The van der Waals surface area contributed by atoms with E-state index in [4.69, 9.17) is 0 Å². The summed E-state index contributed by atoms with van der Waals surface area (Å²) in [6, 6.07) is 2.21. The van der Waals surface area contributed by atoms with Crippen LogP contribution in [-0.4, -0.2) is 27.3 Å². The average molecular weight is 309 g/mol. The SMILES string of the molecule is CCn1c(SCC(=O)NC2CC2)nc2ccsc2c1=O. The molecule has 0 aromatic carbocycles. The Morgan fingerprint density at radius 2 is 2.40 bits per heavy atom. The van der Waals surface area contributed by atoms with Gasteiger partial charge < -0.3 is 5.32 Å². The highest BCUT2D eigenvalue weighted by molar-refractivity contribution is 7.99. The van der Waals surface area contributed by atoms with E-state index in [-0.39, 0.29) is 11.5 Å². The van der Waals surface area contributed by atoms with Gasteiger partial charge in [0.05, 0.1) is 11.3 Å². The fourth-order valence-corrected chi connectivity index (χ4v) is 3.59. The Balaban J connectivity index is 1.82. The highest BCUT2D eigenvalue weighted by Gasteiger charge is 2.23. The summed E-state index contributed by atoms with van der Waals surface area (Å²) in [5.74, 6) is 0.318. The molecule has 1 amide bonds. The summed E-state index contributed by atoms with van der Waals surface area (Å²) >= 11 is 2.74. The van der Waals surface area contributed by atoms with E-state index >= 15 is 0 Å². The van der Waals surface area contributed by atoms with Crippen molar-refractivity contribution in [2.75, 3.05) is 5.75 Å². The van der Waals surface area contributed by atoms with Crippen molar-refractivity contribution in [1.82, 2.24) is 14.9 Å². The smallest absolute Gasteiger partial charge is 0.272 e. The molecule has 1 fully saturated rings. The second-order valence-corrected chi connectivity index (χ2v) is 6.57. The number of thiophene rings is 1. The lowest BCUT2D eigenvalue weighted by molar-refractivity contribution is -0.118. The fourth-order valence-electron chi connectivity index (χ4n) is 1.94. The summed E-state index contributed by atoms with van der Waals surface area (Å²) < 4.78 is 2.31. The molecule has 7 heteroatoms. The Morgan fingerprint density at radius 1 is 1.60 bits per heavy atom. The van der Waals surface area contributed by atoms with E-state index in [9.17, 15) is 9.59 Å². The van der Waals surface area contributed by atoms with E-state index in [1.54, 1.807) is 4.57 Å². The van der Waals surface area contributed by atoms with Crippen LogP contribution in [0.5, 0.6) is 0 Å². The minimum atomic E-state index is -0.0161. The molecule has 0 unspecified atom stereocenters. The molecule has 1 aliphatic carbocycles. The summed E-state index contributed by atoms with van der Waals surface area (Å²) in [7, 11) is 0. The minimum Gasteiger partial charge on any atom is -0.353 e. The third-order valence-corrected chi connectivity index (χ3v) is 4.99. The van der Waals surface area contributed by atoms with E-state index in [1.165, 1.54) is 23.1 Å². The molecule has 0 radical (unpaired) electrons. The molecule has 0 spiro atoms. The van der Waals surface area contributed by atoms with Crippen molar-refractivity contribution in [3.05, 3.63) is 21.8 Å². The first-order valence-electron chi connectivity index (χ1n) is 6.59. The lowest BCUT2D eigenvalue weighted by Crippen LogP contribution is -2.28. The number of fused-ring (bicyclic) bond motifs is 1. The van der Waals surface area contributed by atoms with Gasteiger partial charge in [-0.2, -0.15) is 0 Å². The van der Waals surface area contributed by atoms with Gasteiger partial charge in [-0.1, -0.05) is 11.8 Å². The van der Waals surface area contributed by atoms with Gasteiger partial charge in [0, 0.05) is 12.6 Å². The predicted octanol–water partition coefficient (Wildman–Crippen LogP) is 1.85. The van der Waals surface area contributed by atoms with Gasteiger partial charge in [0.2, 0.25) is 5.91 Å². The second-order valence-electron chi connectivity index (χ2n) is 4.71. The molecule has 5 nitrogen and oxygen atoms in total. The molecular formula is C13H15N3O2S2. The van der Waals surface area contributed by atoms with Crippen molar-refractivity contribution in [1.29, 1.82) is 0 Å². The standard InChI is InChI=1S/C13H15N3O2S2/c1-2-16-12(18)11-9(5-6-19-11)15-13(16)20-7-10(17)14-8-3-4-8/h5-6,8H,2-4,7H2,1H3,(H,14,17). The normalized spacial score (nSPS) is 14.7. The molecule has 3 rings (SSSR count). The van der Waals surface area contributed by atoms with Gasteiger partial charge in [0.1, 0.15) is 4.70 Å². The molecule has 106 valence electrons. The van der Waals surface area contributed by atoms with E-state index < -0.39 is 0 Å². The Morgan fingerprint density at radius 3 is 3.10 bits per heavy atom. The van der Waals surface area contributed by atoms with Crippen LogP contribution in [0.1, 0.15) is 19.8 Å². The largest absolute Gasteiger partial charge is 0.353 e. The molecular weight excluding hydrogens is 294 g/mol. The number of aromatic nitrogens is 2. The molecule has 2 aromatic heterocycles. The minimum absolute atomic E-state index is 0.0137. The van der Waals surface area contributed by atoms with Crippen molar-refractivity contribution >= 4 is 39.2 Å². The number of hydrogen-bond donors (Lipinski definition) is 1. The van der Waals surface area contributed by atoms with Gasteiger partial charge in [-0.05, 0) is 31.2 Å². The third kappa shape index (κ3) is 2.73. The first kappa shape index (κ1) is 13.6. The number of rotatable bonds is 5. The number of carbonyl (C=O) groups excluding carboxylic acids is 1. The van der Waals surface area contributed by atoms with Crippen LogP contribution >= 0.6 is 23.1 Å². The maximum absolute atomic E-state index is 12.3. The topological polar surface area (TPSA) is 64.0 Å². The van der Waals surface area contributed by atoms with Gasteiger partial charge in [-0.15, -0.1) is 11.3 Å². The average Bonchev–Trinajstić information content (AvgIpc) is 3.11. The van der Waals surface area contributed by atoms with Crippen LogP contribution in [0.25, 0.3) is 10.2 Å². The Kier molecular flexibility index (Phi) is 3.80. The van der Waals surface area contributed by atoms with Crippen molar-refractivity contribution < 1.29 is 4.79 Å². The number of nitrogens with zero attached hydrogens (tertiary/aromatic N) is 2. The molecule has 1 saturated carbocycles. The summed E-state index contributed by atoms with van der Waals surface area (Å²) in [6.07, 6.45) is 2.16. The fraction of sp³-hybridized carbons (Fsp3) is 0.462. The van der Waals surface area contributed by atoms with E-state index in [0.29, 0.717) is 28.2 Å². The van der Waals surface area contributed by atoms with Gasteiger partial charge in [0.15, 0.2) is 5.16 Å². The highest BCUT2D eigenvalue weighted by atomic mass is 32.2. The quantitative estimate of drug-likeness (QED) is 0.676. The molecule has 2 aromatic rings. The van der Waals surface area contributed by atoms with Gasteiger partial charge >= 0.3 is 0 Å². The van der Waals surface area contributed by atoms with Crippen molar-refractivity contribution in [3.8, 4) is 0 Å². The summed E-state index contributed by atoms with van der Waals surface area (Å²) in [6.45, 7) is 2.48. The Hall–Kier alpha value is -1.34. The molecule has 1 N–H and O–H groups in total. The van der Waals surface area contributed by atoms with Crippen LogP contribution < -0.4 is 10.9 Å². The molecule has 0 atom stereocenters. The van der Waals surface area contributed by atoms with E-state index in [2.05, 4.69) is 10.3 Å². The molecule has 0 saturated heterocycles. The second kappa shape index (κ2) is 5.57. The summed E-state index contributed by atoms with van der Waals surface area (Å²) in [5, 5.41) is 5.42. The van der Waals surface area contributed by atoms with Crippen molar-refractivity contribution in [2.24, 2.45) is 0 Å². The van der Waals surface area contributed by atoms with Crippen LogP contribution in [0.3, 0.4) is 0 Å². The van der Waals surface area contributed by atoms with Crippen molar-refractivity contribution in [3.63, 3.8) is 0 Å². The molecule has 20 heavy (non-hydrogen) atoms. The molecule has 0 bridgehead atoms.